The number of hydrogen-bond donors (Lipinski definition) is 1. The third-order valence-electron chi connectivity index (χ3n) is 3.81. The molecule has 0 aromatic heterocycles. The fourth-order valence-corrected chi connectivity index (χ4v) is 2.34. The Morgan fingerprint density at radius 2 is 1.61 bits per heavy atom. The number of ether oxygens (including phenoxy) is 4. The lowest BCUT2D eigenvalue weighted by Gasteiger charge is -2.14. The Labute approximate surface area is 163 Å². The minimum atomic E-state index is -0.984. The normalized spacial score (nSPS) is 11.6. The number of para-hydroxylation sites is 2. The van der Waals surface area contributed by atoms with E-state index in [0.717, 1.165) is 0 Å². The minimum Gasteiger partial charge on any atom is -0.497 e. The predicted octanol–water partition coefficient (Wildman–Crippen LogP) is 3.30. The lowest BCUT2D eigenvalue weighted by Crippen LogP contribution is -2.29. The summed E-state index contributed by atoms with van der Waals surface area (Å²) in [5.74, 6) is 0.592. The molecule has 0 saturated heterocycles. The average Bonchev–Trinajstić information content (AvgIpc) is 2.72. The number of anilines is 1. The first-order chi connectivity index (χ1) is 13.5. The van der Waals surface area contributed by atoms with Crippen LogP contribution in [0.2, 0.25) is 0 Å². The number of carbonyl (C=O) groups is 2. The summed E-state index contributed by atoms with van der Waals surface area (Å²) in [5, 5.41) is 2.67. The number of rotatable bonds is 8. The summed E-state index contributed by atoms with van der Waals surface area (Å²) in [4.78, 5) is 24.3. The summed E-state index contributed by atoms with van der Waals surface area (Å²) in [6.45, 7) is 1.49. The van der Waals surface area contributed by atoms with E-state index in [1.54, 1.807) is 62.8 Å². The van der Waals surface area contributed by atoms with Crippen LogP contribution >= 0.6 is 0 Å². The molecule has 1 atom stereocenters. The number of methoxy groups -OCH3 is 3. The molecule has 2 aromatic carbocycles. The van der Waals surface area contributed by atoms with Crippen LogP contribution in [-0.4, -0.2) is 39.3 Å². The van der Waals surface area contributed by atoms with Gasteiger partial charge in [0, 0.05) is 12.1 Å². The summed E-state index contributed by atoms with van der Waals surface area (Å²) in [5.41, 5.74) is 1.19. The van der Waals surface area contributed by atoms with Gasteiger partial charge in [-0.2, -0.15) is 0 Å². The molecule has 0 heterocycles. The van der Waals surface area contributed by atoms with Crippen LogP contribution in [0.25, 0.3) is 6.08 Å². The van der Waals surface area contributed by atoms with Gasteiger partial charge >= 0.3 is 5.97 Å². The Morgan fingerprint density at radius 3 is 2.21 bits per heavy atom. The quantitative estimate of drug-likeness (QED) is 0.555. The van der Waals surface area contributed by atoms with Crippen molar-refractivity contribution in [3.05, 3.63) is 54.1 Å². The van der Waals surface area contributed by atoms with Crippen LogP contribution in [0.3, 0.4) is 0 Å². The summed E-state index contributed by atoms with van der Waals surface area (Å²) in [6, 6.07) is 12.2. The van der Waals surface area contributed by atoms with E-state index in [0.29, 0.717) is 28.5 Å². The van der Waals surface area contributed by atoms with Crippen molar-refractivity contribution < 1.29 is 28.5 Å². The van der Waals surface area contributed by atoms with Crippen molar-refractivity contribution in [2.24, 2.45) is 0 Å². The zero-order valence-corrected chi connectivity index (χ0v) is 16.2. The van der Waals surface area contributed by atoms with E-state index >= 15 is 0 Å². The summed E-state index contributed by atoms with van der Waals surface area (Å²) < 4.78 is 20.7. The smallest absolute Gasteiger partial charge is 0.331 e. The predicted molar refractivity (Wildman–Crippen MR) is 106 cm³/mol. The largest absolute Gasteiger partial charge is 0.497 e. The SMILES string of the molecule is COc1cc(/C=C/C(=O)O[C@H](C)C(=O)Nc2ccccc2OC)cc(OC)c1. The molecule has 2 rings (SSSR count). The molecular weight excluding hydrogens is 362 g/mol. The highest BCUT2D eigenvalue weighted by Crippen LogP contribution is 2.24. The first-order valence-corrected chi connectivity index (χ1v) is 8.52. The molecule has 0 fully saturated rings. The standard InChI is InChI=1S/C21H23NO6/c1-14(21(24)22-18-7-5-6-8-19(18)27-4)28-20(23)10-9-15-11-16(25-2)13-17(12-15)26-3/h5-14H,1-4H3,(H,22,24)/b10-9+/t14-/m1/s1. The molecule has 28 heavy (non-hydrogen) atoms. The third-order valence-corrected chi connectivity index (χ3v) is 3.81. The molecule has 1 amide bonds. The molecule has 7 nitrogen and oxygen atoms in total. The van der Waals surface area contributed by atoms with Crippen molar-refractivity contribution in [3.8, 4) is 17.2 Å². The van der Waals surface area contributed by atoms with Gasteiger partial charge in [-0.25, -0.2) is 4.79 Å². The number of nitrogens with one attached hydrogen (secondary N) is 1. The molecule has 0 unspecified atom stereocenters. The highest BCUT2D eigenvalue weighted by molar-refractivity contribution is 5.97. The fraction of sp³-hybridized carbons (Fsp3) is 0.238. The van der Waals surface area contributed by atoms with E-state index in [4.69, 9.17) is 18.9 Å². The van der Waals surface area contributed by atoms with Gasteiger partial charge in [-0.15, -0.1) is 0 Å². The van der Waals surface area contributed by atoms with Gasteiger partial charge in [0.1, 0.15) is 17.2 Å². The first-order valence-electron chi connectivity index (χ1n) is 8.52. The van der Waals surface area contributed by atoms with Gasteiger partial charge in [0.05, 0.1) is 27.0 Å². The Morgan fingerprint density at radius 1 is 0.964 bits per heavy atom. The molecule has 0 aliphatic rings. The number of hydrogen-bond acceptors (Lipinski definition) is 6. The van der Waals surface area contributed by atoms with E-state index in [9.17, 15) is 9.59 Å². The van der Waals surface area contributed by atoms with E-state index < -0.39 is 18.0 Å². The van der Waals surface area contributed by atoms with Crippen LogP contribution in [0.15, 0.2) is 48.5 Å². The molecule has 0 saturated carbocycles. The highest BCUT2D eigenvalue weighted by Gasteiger charge is 2.18. The second kappa shape index (κ2) is 10.0. The van der Waals surface area contributed by atoms with Crippen molar-refractivity contribution in [2.45, 2.75) is 13.0 Å². The van der Waals surface area contributed by atoms with Gasteiger partial charge in [-0.05, 0) is 42.8 Å². The Bertz CT molecular complexity index is 839. The van der Waals surface area contributed by atoms with E-state index in [2.05, 4.69) is 5.32 Å². The highest BCUT2D eigenvalue weighted by atomic mass is 16.5. The lowest BCUT2D eigenvalue weighted by molar-refractivity contribution is -0.148. The van der Waals surface area contributed by atoms with E-state index in [-0.39, 0.29) is 0 Å². The van der Waals surface area contributed by atoms with E-state index in [1.807, 2.05) is 0 Å². The van der Waals surface area contributed by atoms with Crippen molar-refractivity contribution >= 4 is 23.6 Å². The molecule has 0 bridgehead atoms. The third kappa shape index (κ3) is 5.77. The van der Waals surface area contributed by atoms with Crippen molar-refractivity contribution in [3.63, 3.8) is 0 Å². The fourth-order valence-electron chi connectivity index (χ4n) is 2.34. The number of amides is 1. The van der Waals surface area contributed by atoms with Gasteiger partial charge in [0.25, 0.3) is 5.91 Å². The van der Waals surface area contributed by atoms with Crippen molar-refractivity contribution in [1.29, 1.82) is 0 Å². The van der Waals surface area contributed by atoms with Gasteiger partial charge in [0.2, 0.25) is 0 Å². The number of esters is 1. The van der Waals surface area contributed by atoms with Crippen LogP contribution in [0.5, 0.6) is 17.2 Å². The van der Waals surface area contributed by atoms with Crippen molar-refractivity contribution in [1.82, 2.24) is 0 Å². The number of carbonyl (C=O) groups excluding carboxylic acids is 2. The Balaban J connectivity index is 1.98. The molecular formula is C21H23NO6. The molecule has 1 N–H and O–H groups in total. The Kier molecular flexibility index (Phi) is 7.45. The zero-order chi connectivity index (χ0) is 20.5. The molecule has 0 spiro atoms. The maximum atomic E-state index is 12.3. The zero-order valence-electron chi connectivity index (χ0n) is 16.2. The van der Waals surface area contributed by atoms with Gasteiger partial charge in [-0.1, -0.05) is 12.1 Å². The van der Waals surface area contributed by atoms with Crippen molar-refractivity contribution in [2.75, 3.05) is 26.6 Å². The van der Waals surface area contributed by atoms with Gasteiger partial charge in [-0.3, -0.25) is 4.79 Å². The molecule has 0 aliphatic carbocycles. The van der Waals surface area contributed by atoms with E-state index in [1.165, 1.54) is 20.1 Å². The minimum absolute atomic E-state index is 0.464. The average molecular weight is 385 g/mol. The summed E-state index contributed by atoms with van der Waals surface area (Å²) >= 11 is 0. The summed E-state index contributed by atoms with van der Waals surface area (Å²) in [7, 11) is 4.59. The van der Waals surface area contributed by atoms with Crippen LogP contribution in [0, 0.1) is 0 Å². The van der Waals surface area contributed by atoms with Crippen LogP contribution in [0.1, 0.15) is 12.5 Å². The maximum Gasteiger partial charge on any atom is 0.331 e. The molecule has 0 radical (unpaired) electrons. The second-order valence-corrected chi connectivity index (χ2v) is 5.75. The van der Waals surface area contributed by atoms with Crippen LogP contribution < -0.4 is 19.5 Å². The van der Waals surface area contributed by atoms with Gasteiger partial charge in [0.15, 0.2) is 6.10 Å². The van der Waals surface area contributed by atoms with Gasteiger partial charge < -0.3 is 24.3 Å². The molecule has 0 aliphatic heterocycles. The second-order valence-electron chi connectivity index (χ2n) is 5.75. The van der Waals surface area contributed by atoms with Crippen LogP contribution in [-0.2, 0) is 14.3 Å². The monoisotopic (exact) mass is 385 g/mol. The number of benzene rings is 2. The molecule has 148 valence electrons. The lowest BCUT2D eigenvalue weighted by atomic mass is 10.2. The summed E-state index contributed by atoms with van der Waals surface area (Å²) in [6.07, 6.45) is 1.81. The Hall–Kier alpha value is -3.48. The first kappa shape index (κ1) is 20.8. The topological polar surface area (TPSA) is 83.1 Å². The maximum absolute atomic E-state index is 12.3. The molecule has 7 heteroatoms. The van der Waals surface area contributed by atoms with Crippen LogP contribution in [0.4, 0.5) is 5.69 Å². The molecule has 2 aromatic rings.